The molecule has 0 spiro atoms. The molecule has 0 aliphatic heterocycles. The van der Waals surface area contributed by atoms with Gasteiger partial charge in [0, 0.05) is 24.0 Å². The third kappa shape index (κ3) is 15.4. The Morgan fingerprint density at radius 2 is 0.721 bits per heavy atom. The normalized spacial score (nSPS) is 11.0. The van der Waals surface area contributed by atoms with E-state index in [-0.39, 0.29) is 40.7 Å². The summed E-state index contributed by atoms with van der Waals surface area (Å²) < 4.78 is 9.40. The van der Waals surface area contributed by atoms with Crippen molar-refractivity contribution in [1.82, 2.24) is 0 Å². The van der Waals surface area contributed by atoms with Gasteiger partial charge in [0.15, 0.2) is 11.8 Å². The summed E-state index contributed by atoms with van der Waals surface area (Å²) in [6, 6.07) is 0. The molecule has 0 rings (SSSR count). The summed E-state index contributed by atoms with van der Waals surface area (Å²) in [6.45, 7) is 1.56. The van der Waals surface area contributed by atoms with Gasteiger partial charge in [-0.3, -0.25) is 19.2 Å². The first-order chi connectivity index (χ1) is 19.4. The molecule has 0 atom stereocenters. The average molecular weight is 637 g/mol. The summed E-state index contributed by atoms with van der Waals surface area (Å²) >= 11 is 0. The zero-order valence-electron chi connectivity index (χ0n) is 22.4. The van der Waals surface area contributed by atoms with E-state index >= 15 is 0 Å². The number of carbonyl (C=O) groups excluding carboxylic acids is 2. The number of carbonyl (C=O) groups is 6. The van der Waals surface area contributed by atoms with Crippen LogP contribution in [0, 0.1) is 22.7 Å². The Bertz CT molecular complexity index is 862. The van der Waals surface area contributed by atoms with Crippen LogP contribution in [0.3, 0.4) is 0 Å². The summed E-state index contributed by atoms with van der Waals surface area (Å²) in [5.74, 6) is -12.3. The fourth-order valence-corrected chi connectivity index (χ4v) is 2.44. The number of carboxylic acid groups (broad SMARTS) is 4. The van der Waals surface area contributed by atoms with Gasteiger partial charge >= 0.3 is 65.4 Å². The molecule has 10 N–H and O–H groups in total. The minimum atomic E-state index is -1.83. The molecule has 0 bridgehead atoms. The van der Waals surface area contributed by atoms with E-state index in [1.807, 2.05) is 0 Å². The molecule has 0 unspecified atom stereocenters. The van der Waals surface area contributed by atoms with Crippen LogP contribution in [0.4, 0.5) is 0 Å². The van der Waals surface area contributed by atoms with Crippen LogP contribution in [0.25, 0.3) is 0 Å². The molecule has 43 heavy (non-hydrogen) atoms. The second-order valence-electron chi connectivity index (χ2n) is 9.17. The predicted molar refractivity (Wildman–Crippen MR) is 141 cm³/mol. The Labute approximate surface area is 266 Å². The van der Waals surface area contributed by atoms with Crippen molar-refractivity contribution in [2.75, 3.05) is 52.9 Å². The van der Waals surface area contributed by atoms with Gasteiger partial charge in [0.25, 0.3) is 0 Å². The summed E-state index contributed by atoms with van der Waals surface area (Å²) in [4.78, 5) is 65.9. The van der Waals surface area contributed by atoms with Crippen molar-refractivity contribution in [1.29, 1.82) is 0 Å². The van der Waals surface area contributed by atoms with Crippen molar-refractivity contribution >= 4 is 65.4 Å². The topological polar surface area (TPSA) is 323 Å². The van der Waals surface area contributed by atoms with Gasteiger partial charge in [-0.05, 0) is 0 Å². The molecule has 0 radical (unpaired) electrons. The van der Waals surface area contributed by atoms with E-state index in [0.717, 1.165) is 0 Å². The zero-order chi connectivity index (χ0) is 33.3. The van der Waals surface area contributed by atoms with Gasteiger partial charge in [0.05, 0.1) is 50.5 Å². The molecule has 0 saturated carbocycles. The standard InChI is InChI=1S/2C12H18O9.Na.H/c2*1-7(2-8(9(16)17)10(18)19)11(20)21-6-12(3-13,4-14)5-15;;/h2*8,13-15H,1-6H2,(H,16,17)(H,18,19);;. The number of ether oxygens (including phenoxy) is 2. The second kappa shape index (κ2) is 21.7. The van der Waals surface area contributed by atoms with Crippen molar-refractivity contribution in [3.63, 3.8) is 0 Å². The SMILES string of the molecule is C=C(CC(C(=O)O)C(=O)O)C(=O)OCC(CO)(CO)CO.C=C(CC(C(=O)O)C(=O)O)C(=O)OCC(CO)(CO)CO.[NaH]. The van der Waals surface area contributed by atoms with E-state index in [9.17, 15) is 28.8 Å². The van der Waals surface area contributed by atoms with Crippen molar-refractivity contribution in [2.24, 2.45) is 22.7 Å². The number of hydrogen-bond acceptors (Lipinski definition) is 14. The molecule has 0 aromatic rings. The molecule has 18 nitrogen and oxygen atoms in total. The number of aliphatic carboxylic acids is 4. The van der Waals surface area contributed by atoms with Crippen LogP contribution in [0.5, 0.6) is 0 Å². The molecular weight excluding hydrogens is 599 g/mol. The first-order valence-electron chi connectivity index (χ1n) is 11.7. The number of rotatable bonds is 20. The van der Waals surface area contributed by atoms with Gasteiger partial charge < -0.3 is 60.5 Å². The van der Waals surface area contributed by atoms with Gasteiger partial charge in [-0.25, -0.2) is 9.59 Å². The fourth-order valence-electron chi connectivity index (χ4n) is 2.44. The Kier molecular flexibility index (Phi) is 22.5. The molecule has 0 aromatic heterocycles. The summed E-state index contributed by atoms with van der Waals surface area (Å²) in [5, 5.41) is 88.9. The minimum absolute atomic E-state index is 0. The number of esters is 2. The molecule has 0 saturated heterocycles. The van der Waals surface area contributed by atoms with Crippen molar-refractivity contribution in [3.8, 4) is 0 Å². The van der Waals surface area contributed by atoms with Crippen molar-refractivity contribution in [2.45, 2.75) is 12.8 Å². The number of aliphatic hydroxyl groups is 6. The summed E-state index contributed by atoms with van der Waals surface area (Å²) in [6.07, 6.45) is -1.29. The number of carboxylic acids is 4. The fraction of sp³-hybridized carbons (Fsp3) is 0.583. The van der Waals surface area contributed by atoms with Crippen molar-refractivity contribution in [3.05, 3.63) is 24.3 Å². The van der Waals surface area contributed by atoms with E-state index < -0.39 is 124 Å². The Morgan fingerprint density at radius 1 is 0.512 bits per heavy atom. The molecule has 242 valence electrons. The van der Waals surface area contributed by atoms with E-state index in [1.165, 1.54) is 0 Å². The van der Waals surface area contributed by atoms with Crippen LogP contribution < -0.4 is 0 Å². The van der Waals surface area contributed by atoms with Crippen LogP contribution in [0.1, 0.15) is 12.8 Å². The van der Waals surface area contributed by atoms with Crippen LogP contribution in [0.15, 0.2) is 24.3 Å². The molecule has 0 amide bonds. The molecular formula is C24H37NaO18. The Balaban J connectivity index is -0.000000727. The number of hydrogen-bond donors (Lipinski definition) is 10. The average Bonchev–Trinajstić information content (AvgIpc) is 2.95. The molecule has 0 aliphatic rings. The molecule has 0 aromatic carbocycles. The van der Waals surface area contributed by atoms with Crippen LogP contribution >= 0.6 is 0 Å². The number of aliphatic hydroxyl groups excluding tert-OH is 6. The maximum atomic E-state index is 11.6. The van der Waals surface area contributed by atoms with Gasteiger partial charge in [0.2, 0.25) is 0 Å². The van der Waals surface area contributed by atoms with E-state index in [4.69, 9.17) is 60.5 Å². The molecule has 19 heteroatoms. The molecule has 0 fully saturated rings. The second-order valence-corrected chi connectivity index (χ2v) is 9.17. The maximum absolute atomic E-state index is 11.6. The first kappa shape index (κ1) is 44.5. The van der Waals surface area contributed by atoms with Gasteiger partial charge in [-0.1, -0.05) is 13.2 Å². The third-order valence-electron chi connectivity index (χ3n) is 5.70. The van der Waals surface area contributed by atoms with Crippen LogP contribution in [0.2, 0.25) is 0 Å². The van der Waals surface area contributed by atoms with E-state index in [0.29, 0.717) is 0 Å². The van der Waals surface area contributed by atoms with E-state index in [2.05, 4.69) is 13.2 Å². The Hall–Kier alpha value is -2.94. The van der Waals surface area contributed by atoms with Crippen LogP contribution in [-0.4, -0.2) is 169 Å². The monoisotopic (exact) mass is 636 g/mol. The predicted octanol–water partition coefficient (Wildman–Crippen LogP) is -4.20. The Morgan fingerprint density at radius 3 is 0.884 bits per heavy atom. The molecule has 0 heterocycles. The van der Waals surface area contributed by atoms with Gasteiger partial charge in [0.1, 0.15) is 13.2 Å². The zero-order valence-corrected chi connectivity index (χ0v) is 22.4. The van der Waals surface area contributed by atoms with Crippen molar-refractivity contribution < 1.29 is 89.3 Å². The van der Waals surface area contributed by atoms with E-state index in [1.54, 1.807) is 0 Å². The first-order valence-corrected chi connectivity index (χ1v) is 11.7. The third-order valence-corrected chi connectivity index (χ3v) is 5.70. The summed E-state index contributed by atoms with van der Waals surface area (Å²) in [5.41, 5.74) is -3.64. The van der Waals surface area contributed by atoms with Gasteiger partial charge in [-0.2, -0.15) is 0 Å². The van der Waals surface area contributed by atoms with Gasteiger partial charge in [-0.15, -0.1) is 0 Å². The van der Waals surface area contributed by atoms with Crippen LogP contribution in [-0.2, 0) is 38.2 Å². The quantitative estimate of drug-likeness (QED) is 0.0262. The molecule has 0 aliphatic carbocycles. The summed E-state index contributed by atoms with van der Waals surface area (Å²) in [7, 11) is 0.